The van der Waals surface area contributed by atoms with Crippen molar-refractivity contribution >= 4 is 40.5 Å². The molecule has 0 aliphatic heterocycles. The zero-order valence-electron chi connectivity index (χ0n) is 19.9. The van der Waals surface area contributed by atoms with Crippen molar-refractivity contribution in [2.45, 2.75) is 26.5 Å². The second-order valence-electron chi connectivity index (χ2n) is 8.34. The summed E-state index contributed by atoms with van der Waals surface area (Å²) < 4.78 is 12.9. The number of aromatic nitrogens is 2. The van der Waals surface area contributed by atoms with Crippen molar-refractivity contribution in [3.8, 4) is 17.2 Å². The van der Waals surface area contributed by atoms with Gasteiger partial charge in [0.15, 0.2) is 12.4 Å². The van der Waals surface area contributed by atoms with Gasteiger partial charge in [0.2, 0.25) is 0 Å². The molecular formula is C26H22Cl2N4O5. The fourth-order valence-corrected chi connectivity index (χ4v) is 3.79. The van der Waals surface area contributed by atoms with E-state index in [1.54, 1.807) is 12.3 Å². The average Bonchev–Trinajstić information content (AvgIpc) is 3.34. The van der Waals surface area contributed by atoms with Crippen LogP contribution in [0.25, 0.3) is 0 Å². The van der Waals surface area contributed by atoms with E-state index < -0.39 is 10.8 Å². The summed E-state index contributed by atoms with van der Waals surface area (Å²) in [6.07, 6.45) is 1.60. The Morgan fingerprint density at radius 2 is 1.81 bits per heavy atom. The van der Waals surface area contributed by atoms with E-state index >= 15 is 0 Å². The standard InChI is InChI=1S/C26H22Cl2N4O5/c1-16(2)17-3-6-21(7-4-17)36-15-31-10-9-24(30-31)26(33)29-19-12-20(32(34)35)14-22(13-19)37-25-8-5-18(27)11-23(25)28/h3-14,16H,15H2,1-2H3,(H,29,33). The number of nitrogens with zero attached hydrogens (tertiary/aromatic N) is 3. The number of hydrogen-bond acceptors (Lipinski definition) is 6. The molecule has 0 atom stereocenters. The Labute approximate surface area is 222 Å². The summed E-state index contributed by atoms with van der Waals surface area (Å²) in [5.74, 6) is 0.898. The second kappa shape index (κ2) is 11.3. The number of halogens is 2. The second-order valence-corrected chi connectivity index (χ2v) is 9.18. The summed E-state index contributed by atoms with van der Waals surface area (Å²) in [5.41, 5.74) is 1.18. The Morgan fingerprint density at radius 1 is 1.05 bits per heavy atom. The molecule has 1 amide bonds. The Bertz CT molecular complexity index is 1440. The zero-order valence-corrected chi connectivity index (χ0v) is 21.4. The van der Waals surface area contributed by atoms with E-state index in [-0.39, 0.29) is 40.3 Å². The SMILES string of the molecule is CC(C)c1ccc(OCn2ccc(C(=O)Nc3cc(Oc4ccc(Cl)cc4Cl)cc([N+](=O)[O-])c3)n2)cc1. The Hall–Kier alpha value is -4.08. The van der Waals surface area contributed by atoms with Crippen molar-refractivity contribution in [3.05, 3.63) is 104 Å². The van der Waals surface area contributed by atoms with Gasteiger partial charge in [-0.3, -0.25) is 14.9 Å². The molecule has 0 unspecified atom stereocenters. The molecule has 1 N–H and O–H groups in total. The molecule has 37 heavy (non-hydrogen) atoms. The van der Waals surface area contributed by atoms with Crippen molar-refractivity contribution in [3.63, 3.8) is 0 Å². The molecule has 0 saturated heterocycles. The number of non-ortho nitro benzene ring substituents is 1. The van der Waals surface area contributed by atoms with Crippen LogP contribution in [0.15, 0.2) is 72.9 Å². The highest BCUT2D eigenvalue weighted by Crippen LogP contribution is 2.34. The van der Waals surface area contributed by atoms with Crippen LogP contribution in [0.1, 0.15) is 35.8 Å². The molecule has 1 aromatic heterocycles. The topological polar surface area (TPSA) is 109 Å². The van der Waals surface area contributed by atoms with Gasteiger partial charge in [0.05, 0.1) is 21.7 Å². The lowest BCUT2D eigenvalue weighted by Crippen LogP contribution is -2.14. The zero-order chi connectivity index (χ0) is 26.5. The average molecular weight is 541 g/mol. The van der Waals surface area contributed by atoms with Gasteiger partial charge in [-0.2, -0.15) is 5.10 Å². The largest absolute Gasteiger partial charge is 0.471 e. The molecule has 4 aromatic rings. The number of benzene rings is 3. The Kier molecular flexibility index (Phi) is 7.95. The fourth-order valence-electron chi connectivity index (χ4n) is 3.34. The van der Waals surface area contributed by atoms with Crippen LogP contribution in [0.4, 0.5) is 11.4 Å². The first kappa shape index (κ1) is 26.0. The lowest BCUT2D eigenvalue weighted by Gasteiger charge is -2.10. The number of anilines is 1. The molecule has 0 aliphatic rings. The number of nitro benzene ring substituents is 1. The molecule has 9 nitrogen and oxygen atoms in total. The van der Waals surface area contributed by atoms with Crippen LogP contribution in [0.3, 0.4) is 0 Å². The van der Waals surface area contributed by atoms with E-state index in [4.69, 9.17) is 32.7 Å². The van der Waals surface area contributed by atoms with E-state index in [0.717, 1.165) is 0 Å². The van der Waals surface area contributed by atoms with Gasteiger partial charge in [-0.25, -0.2) is 4.68 Å². The van der Waals surface area contributed by atoms with Crippen LogP contribution < -0.4 is 14.8 Å². The number of carbonyl (C=O) groups is 1. The number of hydrogen-bond donors (Lipinski definition) is 1. The maximum atomic E-state index is 12.8. The van der Waals surface area contributed by atoms with Gasteiger partial charge >= 0.3 is 0 Å². The van der Waals surface area contributed by atoms with Gasteiger partial charge in [-0.1, -0.05) is 49.2 Å². The van der Waals surface area contributed by atoms with Crippen molar-refractivity contribution in [2.75, 3.05) is 5.32 Å². The maximum Gasteiger partial charge on any atom is 0.276 e. The quantitative estimate of drug-likeness (QED) is 0.176. The molecule has 0 saturated carbocycles. The summed E-state index contributed by atoms with van der Waals surface area (Å²) in [6, 6.07) is 17.8. The number of amides is 1. The summed E-state index contributed by atoms with van der Waals surface area (Å²) in [4.78, 5) is 23.6. The van der Waals surface area contributed by atoms with Crippen LogP contribution >= 0.6 is 23.2 Å². The summed E-state index contributed by atoms with van der Waals surface area (Å²) in [5, 5.41) is 18.9. The number of ether oxygens (including phenoxy) is 2. The first-order chi connectivity index (χ1) is 17.7. The molecule has 0 bridgehead atoms. The molecule has 0 radical (unpaired) electrons. The smallest absolute Gasteiger partial charge is 0.276 e. The minimum Gasteiger partial charge on any atom is -0.471 e. The molecule has 3 aromatic carbocycles. The highest BCUT2D eigenvalue weighted by Gasteiger charge is 2.16. The monoisotopic (exact) mass is 540 g/mol. The van der Waals surface area contributed by atoms with E-state index in [1.807, 2.05) is 24.3 Å². The van der Waals surface area contributed by atoms with Crippen LogP contribution in [-0.2, 0) is 6.73 Å². The highest BCUT2D eigenvalue weighted by atomic mass is 35.5. The molecule has 11 heteroatoms. The fraction of sp³-hybridized carbons (Fsp3) is 0.154. The van der Waals surface area contributed by atoms with Gasteiger partial charge < -0.3 is 14.8 Å². The lowest BCUT2D eigenvalue weighted by atomic mass is 10.0. The minimum absolute atomic E-state index is 0.102. The van der Waals surface area contributed by atoms with Gasteiger partial charge in [0, 0.05) is 23.4 Å². The van der Waals surface area contributed by atoms with E-state index in [1.165, 1.54) is 46.6 Å². The normalized spacial score (nSPS) is 10.8. The summed E-state index contributed by atoms with van der Waals surface area (Å²) in [7, 11) is 0. The molecule has 190 valence electrons. The lowest BCUT2D eigenvalue weighted by molar-refractivity contribution is -0.384. The van der Waals surface area contributed by atoms with Crippen LogP contribution in [0, 0.1) is 10.1 Å². The molecular weight excluding hydrogens is 519 g/mol. The van der Waals surface area contributed by atoms with Gasteiger partial charge in [0.1, 0.15) is 17.2 Å². The summed E-state index contributed by atoms with van der Waals surface area (Å²) >= 11 is 12.0. The molecule has 0 fully saturated rings. The van der Waals surface area contributed by atoms with Crippen molar-refractivity contribution in [1.29, 1.82) is 0 Å². The van der Waals surface area contributed by atoms with Crippen LogP contribution in [0.5, 0.6) is 17.2 Å². The Balaban J connectivity index is 1.44. The minimum atomic E-state index is -0.592. The number of nitro groups is 1. The van der Waals surface area contributed by atoms with Crippen molar-refractivity contribution in [1.82, 2.24) is 9.78 Å². The maximum absolute atomic E-state index is 12.8. The van der Waals surface area contributed by atoms with Crippen LogP contribution in [-0.4, -0.2) is 20.6 Å². The van der Waals surface area contributed by atoms with Gasteiger partial charge in [0.25, 0.3) is 11.6 Å². The number of rotatable bonds is 9. The highest BCUT2D eigenvalue weighted by molar-refractivity contribution is 6.35. The molecule has 0 spiro atoms. The number of nitrogens with one attached hydrogen (secondary N) is 1. The van der Waals surface area contributed by atoms with E-state index in [9.17, 15) is 14.9 Å². The van der Waals surface area contributed by atoms with E-state index in [2.05, 4.69) is 24.3 Å². The number of carbonyl (C=O) groups excluding carboxylic acids is 1. The van der Waals surface area contributed by atoms with Crippen molar-refractivity contribution in [2.24, 2.45) is 0 Å². The third kappa shape index (κ3) is 6.78. The first-order valence-electron chi connectivity index (χ1n) is 11.2. The predicted octanol–water partition coefficient (Wildman–Crippen LogP) is 7.30. The van der Waals surface area contributed by atoms with Crippen LogP contribution in [0.2, 0.25) is 10.0 Å². The van der Waals surface area contributed by atoms with Crippen molar-refractivity contribution < 1.29 is 19.2 Å². The molecule has 0 aliphatic carbocycles. The third-order valence-electron chi connectivity index (χ3n) is 5.27. The van der Waals surface area contributed by atoms with Gasteiger partial charge in [-0.15, -0.1) is 0 Å². The third-order valence-corrected chi connectivity index (χ3v) is 5.80. The predicted molar refractivity (Wildman–Crippen MR) is 141 cm³/mol. The Morgan fingerprint density at radius 3 is 2.49 bits per heavy atom. The van der Waals surface area contributed by atoms with Gasteiger partial charge in [-0.05, 0) is 47.9 Å². The molecule has 4 rings (SSSR count). The first-order valence-corrected chi connectivity index (χ1v) is 11.9. The van der Waals surface area contributed by atoms with E-state index in [0.29, 0.717) is 16.7 Å². The molecule has 1 heterocycles. The summed E-state index contributed by atoms with van der Waals surface area (Å²) in [6.45, 7) is 4.33.